The fraction of sp³-hybridized carbons (Fsp3) is 0.273. The predicted octanol–water partition coefficient (Wildman–Crippen LogP) is 4.34. The van der Waals surface area contributed by atoms with E-state index in [4.69, 9.17) is 5.73 Å². The van der Waals surface area contributed by atoms with Gasteiger partial charge in [-0.1, -0.05) is 30.0 Å². The lowest BCUT2D eigenvalue weighted by molar-refractivity contribution is -0.115. The SMILES string of the molecule is Cc1ccccc1NC(=O)Cc1nc(CSc2nc(C)c(C)c(C)c2C(N)=O)cs1. The van der Waals surface area contributed by atoms with Gasteiger partial charge in [0.05, 0.1) is 17.7 Å². The van der Waals surface area contributed by atoms with Gasteiger partial charge >= 0.3 is 0 Å². The fourth-order valence-corrected chi connectivity index (χ4v) is 4.92. The Morgan fingerprint density at radius 3 is 2.53 bits per heavy atom. The maximum atomic E-state index is 12.3. The number of nitrogens with two attached hydrogens (primary N) is 1. The number of thiazole rings is 1. The third-order valence-electron chi connectivity index (χ3n) is 4.90. The van der Waals surface area contributed by atoms with Gasteiger partial charge in [-0.2, -0.15) is 0 Å². The van der Waals surface area contributed by atoms with Crippen LogP contribution in [0.1, 0.15) is 43.4 Å². The molecule has 2 heterocycles. The monoisotopic (exact) mass is 440 g/mol. The molecule has 3 N–H and O–H groups in total. The van der Waals surface area contributed by atoms with Crippen molar-refractivity contribution in [2.75, 3.05) is 5.32 Å². The smallest absolute Gasteiger partial charge is 0.251 e. The molecular formula is C22H24N4O2S2. The van der Waals surface area contributed by atoms with Crippen LogP contribution in [0.15, 0.2) is 34.7 Å². The number of hydrogen-bond acceptors (Lipinski definition) is 6. The number of amides is 2. The van der Waals surface area contributed by atoms with E-state index in [1.807, 2.05) is 57.3 Å². The van der Waals surface area contributed by atoms with Crippen LogP contribution in [0, 0.1) is 27.7 Å². The number of para-hydroxylation sites is 1. The summed E-state index contributed by atoms with van der Waals surface area (Å²) in [5.41, 5.74) is 11.4. The predicted molar refractivity (Wildman–Crippen MR) is 122 cm³/mol. The first-order valence-corrected chi connectivity index (χ1v) is 11.3. The molecule has 0 aliphatic rings. The number of aromatic nitrogens is 2. The van der Waals surface area contributed by atoms with E-state index in [9.17, 15) is 9.59 Å². The largest absolute Gasteiger partial charge is 0.366 e. The zero-order valence-corrected chi connectivity index (χ0v) is 19.0. The van der Waals surface area contributed by atoms with Crippen LogP contribution in [0.2, 0.25) is 0 Å². The van der Waals surface area contributed by atoms with Crippen LogP contribution < -0.4 is 11.1 Å². The van der Waals surface area contributed by atoms with Gasteiger partial charge in [0.25, 0.3) is 5.91 Å². The second-order valence-corrected chi connectivity index (χ2v) is 8.96. The molecule has 6 nitrogen and oxygen atoms in total. The second kappa shape index (κ2) is 9.40. The van der Waals surface area contributed by atoms with Crippen molar-refractivity contribution in [3.63, 3.8) is 0 Å². The summed E-state index contributed by atoms with van der Waals surface area (Å²) >= 11 is 2.88. The van der Waals surface area contributed by atoms with Crippen molar-refractivity contribution in [2.45, 2.75) is 44.9 Å². The van der Waals surface area contributed by atoms with Crippen LogP contribution in [0.25, 0.3) is 0 Å². The zero-order chi connectivity index (χ0) is 21.8. The lowest BCUT2D eigenvalue weighted by atomic mass is 10.0. The Morgan fingerprint density at radius 1 is 1.10 bits per heavy atom. The number of pyridine rings is 1. The summed E-state index contributed by atoms with van der Waals surface area (Å²) in [5, 5.41) is 6.22. The van der Waals surface area contributed by atoms with Crippen LogP contribution in [-0.4, -0.2) is 21.8 Å². The van der Waals surface area contributed by atoms with E-state index in [1.165, 1.54) is 23.1 Å². The van der Waals surface area contributed by atoms with Crippen molar-refractivity contribution < 1.29 is 9.59 Å². The highest BCUT2D eigenvalue weighted by Crippen LogP contribution is 2.29. The molecule has 2 aromatic heterocycles. The number of nitrogens with zero attached hydrogens (tertiary/aromatic N) is 2. The van der Waals surface area contributed by atoms with E-state index in [0.29, 0.717) is 16.3 Å². The average Bonchev–Trinajstić information content (AvgIpc) is 3.13. The topological polar surface area (TPSA) is 98.0 Å². The van der Waals surface area contributed by atoms with E-state index in [-0.39, 0.29) is 12.3 Å². The molecule has 3 rings (SSSR count). The van der Waals surface area contributed by atoms with Crippen molar-refractivity contribution in [3.05, 3.63) is 68.3 Å². The van der Waals surface area contributed by atoms with Crippen molar-refractivity contribution in [1.29, 1.82) is 0 Å². The van der Waals surface area contributed by atoms with Crippen LogP contribution in [0.5, 0.6) is 0 Å². The number of hydrogen-bond donors (Lipinski definition) is 2. The van der Waals surface area contributed by atoms with E-state index < -0.39 is 5.91 Å². The normalized spacial score (nSPS) is 10.8. The number of rotatable bonds is 7. The van der Waals surface area contributed by atoms with Gasteiger partial charge in [-0.15, -0.1) is 11.3 Å². The number of primary amides is 1. The third-order valence-corrected chi connectivity index (χ3v) is 6.80. The quantitative estimate of drug-likeness (QED) is 0.533. The van der Waals surface area contributed by atoms with Crippen molar-refractivity contribution in [1.82, 2.24) is 9.97 Å². The molecule has 0 saturated carbocycles. The number of aryl methyl sites for hydroxylation is 2. The summed E-state index contributed by atoms with van der Waals surface area (Å²) < 4.78 is 0. The molecule has 30 heavy (non-hydrogen) atoms. The van der Waals surface area contributed by atoms with Crippen molar-refractivity contribution in [2.24, 2.45) is 5.73 Å². The van der Waals surface area contributed by atoms with E-state index in [1.54, 1.807) is 0 Å². The minimum absolute atomic E-state index is 0.0969. The first-order valence-electron chi connectivity index (χ1n) is 9.45. The van der Waals surface area contributed by atoms with Gasteiger partial charge < -0.3 is 11.1 Å². The standard InChI is InChI=1S/C22H24N4O2S2/c1-12-7-5-6-8-17(12)26-18(27)9-19-25-16(10-29-19)11-30-22-20(21(23)28)14(3)13(2)15(4)24-22/h5-8,10H,9,11H2,1-4H3,(H2,23,28)(H,26,27). The van der Waals surface area contributed by atoms with Gasteiger partial charge in [0.15, 0.2) is 0 Å². The molecule has 0 radical (unpaired) electrons. The van der Waals surface area contributed by atoms with Crippen LogP contribution in [0.4, 0.5) is 5.69 Å². The summed E-state index contributed by atoms with van der Waals surface area (Å²) in [6.45, 7) is 7.71. The number of nitrogens with one attached hydrogen (secondary N) is 1. The summed E-state index contributed by atoms with van der Waals surface area (Å²) in [4.78, 5) is 33.4. The van der Waals surface area contributed by atoms with Gasteiger partial charge in [-0.25, -0.2) is 9.97 Å². The highest BCUT2D eigenvalue weighted by molar-refractivity contribution is 7.98. The van der Waals surface area contributed by atoms with Gasteiger partial charge in [0.1, 0.15) is 10.0 Å². The minimum Gasteiger partial charge on any atom is -0.366 e. The number of thioether (sulfide) groups is 1. The van der Waals surface area contributed by atoms with Gasteiger partial charge in [0.2, 0.25) is 5.91 Å². The van der Waals surface area contributed by atoms with Crippen LogP contribution in [-0.2, 0) is 17.0 Å². The molecule has 0 saturated heterocycles. The summed E-state index contributed by atoms with van der Waals surface area (Å²) in [7, 11) is 0. The van der Waals surface area contributed by atoms with E-state index in [0.717, 1.165) is 38.8 Å². The van der Waals surface area contributed by atoms with Gasteiger partial charge in [-0.05, 0) is 50.5 Å². The molecule has 1 aromatic carbocycles. The van der Waals surface area contributed by atoms with E-state index in [2.05, 4.69) is 15.3 Å². The molecule has 3 aromatic rings. The van der Waals surface area contributed by atoms with Crippen LogP contribution >= 0.6 is 23.1 Å². The molecule has 0 aliphatic carbocycles. The lowest BCUT2D eigenvalue weighted by Crippen LogP contribution is -2.16. The number of carbonyl (C=O) groups is 2. The zero-order valence-electron chi connectivity index (χ0n) is 17.4. The molecule has 0 aliphatic heterocycles. The Labute approximate surface area is 184 Å². The average molecular weight is 441 g/mol. The number of anilines is 1. The molecule has 0 bridgehead atoms. The van der Waals surface area contributed by atoms with Crippen LogP contribution in [0.3, 0.4) is 0 Å². The highest BCUT2D eigenvalue weighted by atomic mass is 32.2. The Bertz CT molecular complexity index is 1110. The first kappa shape index (κ1) is 22.0. The summed E-state index contributed by atoms with van der Waals surface area (Å²) in [5.74, 6) is -0.0248. The minimum atomic E-state index is -0.475. The lowest BCUT2D eigenvalue weighted by Gasteiger charge is -2.13. The summed E-state index contributed by atoms with van der Waals surface area (Å²) in [6.07, 6.45) is 0.219. The molecule has 0 atom stereocenters. The Hall–Kier alpha value is -2.71. The molecule has 0 unspecified atom stereocenters. The Kier molecular flexibility index (Phi) is 6.89. The summed E-state index contributed by atoms with van der Waals surface area (Å²) in [6, 6.07) is 7.67. The first-order chi connectivity index (χ1) is 14.3. The molecule has 2 amide bonds. The molecule has 8 heteroatoms. The van der Waals surface area contributed by atoms with Crippen molar-refractivity contribution in [3.8, 4) is 0 Å². The van der Waals surface area contributed by atoms with Crippen molar-refractivity contribution >= 4 is 40.6 Å². The number of benzene rings is 1. The fourth-order valence-electron chi connectivity index (χ4n) is 2.99. The Balaban J connectivity index is 1.66. The third kappa shape index (κ3) is 5.06. The molecule has 0 fully saturated rings. The van der Waals surface area contributed by atoms with Gasteiger partial charge in [-0.3, -0.25) is 9.59 Å². The van der Waals surface area contributed by atoms with Gasteiger partial charge in [0, 0.05) is 22.5 Å². The molecular weight excluding hydrogens is 416 g/mol. The second-order valence-electron chi connectivity index (χ2n) is 7.05. The maximum absolute atomic E-state index is 12.3. The highest BCUT2D eigenvalue weighted by Gasteiger charge is 2.18. The number of carbonyl (C=O) groups excluding carboxylic acids is 2. The Morgan fingerprint density at radius 2 is 1.83 bits per heavy atom. The molecule has 0 spiro atoms. The maximum Gasteiger partial charge on any atom is 0.251 e. The van der Waals surface area contributed by atoms with E-state index >= 15 is 0 Å². The molecule has 156 valence electrons.